The van der Waals surface area contributed by atoms with Crippen LogP contribution < -0.4 is 14.2 Å². The minimum absolute atomic E-state index is 0.0141. The molecule has 6 nitrogen and oxygen atoms in total. The molecule has 4 aromatic rings. The fourth-order valence-corrected chi connectivity index (χ4v) is 3.20. The van der Waals surface area contributed by atoms with E-state index in [9.17, 15) is 5.11 Å². The quantitative estimate of drug-likeness (QED) is 0.342. The van der Waals surface area contributed by atoms with Gasteiger partial charge < -0.3 is 19.3 Å². The van der Waals surface area contributed by atoms with Crippen LogP contribution in [0.4, 0.5) is 0 Å². The van der Waals surface area contributed by atoms with Gasteiger partial charge in [-0.2, -0.15) is 0 Å². The summed E-state index contributed by atoms with van der Waals surface area (Å²) in [6.45, 7) is 2.77. The lowest BCUT2D eigenvalue weighted by molar-refractivity contribution is 0.304. The summed E-state index contributed by atoms with van der Waals surface area (Å²) in [6, 6.07) is 19.8. The predicted octanol–water partition coefficient (Wildman–Crippen LogP) is 6.27. The second kappa shape index (κ2) is 10.0. The molecule has 0 amide bonds. The van der Waals surface area contributed by atoms with Crippen LogP contribution in [0.15, 0.2) is 79.3 Å². The molecule has 0 radical (unpaired) electrons. The molecular formula is C25H21ClN2O4. The van der Waals surface area contributed by atoms with Crippen molar-refractivity contribution in [1.29, 1.82) is 0 Å². The number of rotatable bonds is 8. The summed E-state index contributed by atoms with van der Waals surface area (Å²) >= 11 is 5.91. The zero-order chi connectivity index (χ0) is 22.3. The Hall–Kier alpha value is -3.77. The molecule has 0 spiro atoms. The minimum atomic E-state index is 0.0141. The number of phenolic OH excluding ortho intramolecular Hbond substituents is 1. The molecule has 4 rings (SSSR count). The van der Waals surface area contributed by atoms with Gasteiger partial charge in [0.15, 0.2) is 17.2 Å². The largest absolute Gasteiger partial charge is 0.507 e. The molecule has 0 aliphatic carbocycles. The highest BCUT2D eigenvalue weighted by Crippen LogP contribution is 2.39. The molecule has 32 heavy (non-hydrogen) atoms. The molecule has 0 aliphatic heterocycles. The molecule has 0 unspecified atom stereocenters. The van der Waals surface area contributed by atoms with Crippen molar-refractivity contribution in [3.63, 3.8) is 0 Å². The number of ether oxygens (including phenoxy) is 3. The first-order valence-corrected chi connectivity index (χ1v) is 10.4. The fourth-order valence-electron chi connectivity index (χ4n) is 3.07. The van der Waals surface area contributed by atoms with Crippen molar-refractivity contribution in [2.75, 3.05) is 6.61 Å². The molecule has 0 saturated carbocycles. The van der Waals surface area contributed by atoms with Gasteiger partial charge in [-0.05, 0) is 48.9 Å². The third-order valence-corrected chi connectivity index (χ3v) is 4.84. The summed E-state index contributed by atoms with van der Waals surface area (Å²) < 4.78 is 17.5. The Labute approximate surface area is 191 Å². The average molecular weight is 449 g/mol. The summed E-state index contributed by atoms with van der Waals surface area (Å²) in [5, 5.41) is 11.3. The minimum Gasteiger partial charge on any atom is -0.507 e. The van der Waals surface area contributed by atoms with Crippen molar-refractivity contribution in [3.8, 4) is 40.0 Å². The van der Waals surface area contributed by atoms with Crippen molar-refractivity contribution in [2.45, 2.75) is 13.5 Å². The smallest absolute Gasteiger partial charge is 0.172 e. The van der Waals surface area contributed by atoms with E-state index in [-0.39, 0.29) is 5.75 Å². The van der Waals surface area contributed by atoms with E-state index in [2.05, 4.69) is 9.97 Å². The first-order valence-electron chi connectivity index (χ1n) is 10.0. The van der Waals surface area contributed by atoms with E-state index < -0.39 is 0 Å². The molecule has 0 aliphatic rings. The molecule has 3 aromatic carbocycles. The second-order valence-electron chi connectivity index (χ2n) is 6.81. The van der Waals surface area contributed by atoms with Crippen LogP contribution in [0.1, 0.15) is 12.5 Å². The van der Waals surface area contributed by atoms with Gasteiger partial charge in [-0.25, -0.2) is 9.97 Å². The number of aromatic nitrogens is 2. The highest BCUT2D eigenvalue weighted by molar-refractivity contribution is 6.30. The number of para-hydroxylation sites is 2. The molecule has 1 N–H and O–H groups in total. The Bertz CT molecular complexity index is 1200. The van der Waals surface area contributed by atoms with E-state index in [4.69, 9.17) is 25.8 Å². The standard InChI is InChI=1S/C25H21ClN2O4/c1-2-30-22-5-3-4-6-23(22)32-24-14-27-16-28-25(24)20-12-11-19(13-21(20)29)31-15-17-7-9-18(26)10-8-17/h3-14,16,29H,2,15H2,1H3. The zero-order valence-electron chi connectivity index (χ0n) is 17.4. The van der Waals surface area contributed by atoms with E-state index in [0.717, 1.165) is 5.56 Å². The summed E-state index contributed by atoms with van der Waals surface area (Å²) in [7, 11) is 0. The lowest BCUT2D eigenvalue weighted by atomic mass is 10.1. The Balaban J connectivity index is 1.56. The molecule has 7 heteroatoms. The van der Waals surface area contributed by atoms with Crippen molar-refractivity contribution in [3.05, 3.63) is 89.8 Å². The van der Waals surface area contributed by atoms with Gasteiger partial charge in [0, 0.05) is 16.7 Å². The SMILES string of the molecule is CCOc1ccccc1Oc1cncnc1-c1ccc(OCc2ccc(Cl)cc2)cc1O. The van der Waals surface area contributed by atoms with Gasteiger partial charge in [0.05, 0.1) is 12.8 Å². The van der Waals surface area contributed by atoms with Gasteiger partial charge in [0.1, 0.15) is 30.1 Å². The molecular weight excluding hydrogens is 428 g/mol. The highest BCUT2D eigenvalue weighted by atomic mass is 35.5. The van der Waals surface area contributed by atoms with E-state index >= 15 is 0 Å². The normalized spacial score (nSPS) is 10.6. The van der Waals surface area contributed by atoms with Gasteiger partial charge in [-0.15, -0.1) is 0 Å². The molecule has 1 aromatic heterocycles. The van der Waals surface area contributed by atoms with Crippen LogP contribution in [0, 0.1) is 0 Å². The second-order valence-corrected chi connectivity index (χ2v) is 7.25. The molecule has 1 heterocycles. The summed E-state index contributed by atoms with van der Waals surface area (Å²) in [5.74, 6) is 2.08. The highest BCUT2D eigenvalue weighted by Gasteiger charge is 2.16. The van der Waals surface area contributed by atoms with Gasteiger partial charge in [-0.1, -0.05) is 35.9 Å². The Morgan fingerprint density at radius 3 is 2.44 bits per heavy atom. The fraction of sp³-hybridized carbons (Fsp3) is 0.120. The Kier molecular flexibility index (Phi) is 6.72. The van der Waals surface area contributed by atoms with Gasteiger partial charge in [-0.3, -0.25) is 0 Å². The molecule has 0 bridgehead atoms. The van der Waals surface area contributed by atoms with Crippen LogP contribution in [0.2, 0.25) is 5.02 Å². The number of benzene rings is 3. The monoisotopic (exact) mass is 448 g/mol. The third-order valence-electron chi connectivity index (χ3n) is 4.59. The van der Waals surface area contributed by atoms with Crippen LogP contribution in [0.25, 0.3) is 11.3 Å². The van der Waals surface area contributed by atoms with E-state index in [1.807, 2.05) is 37.3 Å². The number of phenols is 1. The summed E-state index contributed by atoms with van der Waals surface area (Å²) in [6.07, 6.45) is 2.95. The van der Waals surface area contributed by atoms with Gasteiger partial charge in [0.2, 0.25) is 0 Å². The molecule has 0 saturated heterocycles. The molecule has 162 valence electrons. The maximum Gasteiger partial charge on any atom is 0.172 e. The zero-order valence-corrected chi connectivity index (χ0v) is 18.1. The number of aromatic hydroxyl groups is 1. The predicted molar refractivity (Wildman–Crippen MR) is 123 cm³/mol. The van der Waals surface area contributed by atoms with Crippen LogP contribution in [0.5, 0.6) is 28.7 Å². The maximum absolute atomic E-state index is 10.7. The first kappa shape index (κ1) is 21.5. The van der Waals surface area contributed by atoms with Crippen molar-refractivity contribution < 1.29 is 19.3 Å². The Morgan fingerprint density at radius 1 is 0.906 bits per heavy atom. The number of nitrogens with zero attached hydrogens (tertiary/aromatic N) is 2. The maximum atomic E-state index is 10.7. The van der Waals surface area contributed by atoms with E-state index in [1.54, 1.807) is 42.6 Å². The van der Waals surface area contributed by atoms with Crippen LogP contribution in [0.3, 0.4) is 0 Å². The van der Waals surface area contributed by atoms with E-state index in [1.165, 1.54) is 6.33 Å². The van der Waals surface area contributed by atoms with Crippen molar-refractivity contribution >= 4 is 11.6 Å². The summed E-state index contributed by atoms with van der Waals surface area (Å²) in [4.78, 5) is 8.39. The van der Waals surface area contributed by atoms with Gasteiger partial charge >= 0.3 is 0 Å². The van der Waals surface area contributed by atoms with Crippen LogP contribution in [-0.2, 0) is 6.61 Å². The molecule has 0 fully saturated rings. The third kappa shape index (κ3) is 5.10. The van der Waals surface area contributed by atoms with Crippen LogP contribution >= 0.6 is 11.6 Å². The average Bonchev–Trinajstić information content (AvgIpc) is 2.81. The summed E-state index contributed by atoms with van der Waals surface area (Å²) in [5.41, 5.74) is 1.92. The van der Waals surface area contributed by atoms with Crippen molar-refractivity contribution in [1.82, 2.24) is 9.97 Å². The van der Waals surface area contributed by atoms with Crippen molar-refractivity contribution in [2.24, 2.45) is 0 Å². The van der Waals surface area contributed by atoms with Gasteiger partial charge in [0.25, 0.3) is 0 Å². The number of halogens is 1. The Morgan fingerprint density at radius 2 is 1.69 bits per heavy atom. The first-order chi connectivity index (χ1) is 15.6. The number of hydrogen-bond donors (Lipinski definition) is 1. The number of hydrogen-bond acceptors (Lipinski definition) is 6. The van der Waals surface area contributed by atoms with E-state index in [0.29, 0.717) is 52.5 Å². The topological polar surface area (TPSA) is 73.7 Å². The van der Waals surface area contributed by atoms with Crippen LogP contribution in [-0.4, -0.2) is 21.7 Å². The lowest BCUT2D eigenvalue weighted by Gasteiger charge is -2.14. The molecule has 0 atom stereocenters. The lowest BCUT2D eigenvalue weighted by Crippen LogP contribution is -1.98.